The summed E-state index contributed by atoms with van der Waals surface area (Å²) in [5.74, 6) is 0. The number of hydrogen-bond acceptors (Lipinski definition) is 4. The molecule has 0 aliphatic heterocycles. The normalized spacial score (nSPS) is 13.7. The van der Waals surface area contributed by atoms with Crippen molar-refractivity contribution in [1.29, 1.82) is 0 Å². The number of rotatable bonds is 4. The van der Waals surface area contributed by atoms with Crippen molar-refractivity contribution in [2.75, 3.05) is 6.61 Å². The highest BCUT2D eigenvalue weighted by molar-refractivity contribution is 7.15. The Morgan fingerprint density at radius 3 is 2.70 bits per heavy atom. The van der Waals surface area contributed by atoms with E-state index in [1.54, 1.807) is 12.1 Å². The third-order valence-electron chi connectivity index (χ3n) is 2.78. The third-order valence-corrected chi connectivity index (χ3v) is 3.91. The molecule has 0 bridgehead atoms. The quantitative estimate of drug-likeness (QED) is 0.908. The molecule has 0 aromatic carbocycles. The van der Waals surface area contributed by atoms with Crippen LogP contribution in [0.2, 0.25) is 0 Å². The molecule has 0 spiro atoms. The van der Waals surface area contributed by atoms with Crippen molar-refractivity contribution < 1.29 is 18.3 Å². The molecule has 2 aromatic rings. The molecule has 1 atom stereocenters. The molecule has 20 heavy (non-hydrogen) atoms. The summed E-state index contributed by atoms with van der Waals surface area (Å²) in [5.41, 5.74) is 5.14. The average Bonchev–Trinajstić information content (AvgIpc) is 2.94. The van der Waals surface area contributed by atoms with E-state index in [2.05, 4.69) is 5.10 Å². The SMILES string of the molecule is Cn1nc(C(F)(F)F)cc1-c1ccc(CC(N)CO)s1. The van der Waals surface area contributed by atoms with Crippen LogP contribution >= 0.6 is 11.3 Å². The van der Waals surface area contributed by atoms with Crippen LogP contribution in [0, 0.1) is 0 Å². The number of halogens is 3. The standard InChI is InChI=1S/C12H14F3N3OS/c1-18-9(5-11(17-18)12(13,14)15)10-3-2-8(20-10)4-7(16)6-19/h2-3,5,7,19H,4,6,16H2,1H3. The van der Waals surface area contributed by atoms with Crippen molar-refractivity contribution in [1.82, 2.24) is 9.78 Å². The number of nitrogens with two attached hydrogens (primary N) is 1. The molecule has 2 aromatic heterocycles. The number of aliphatic hydroxyl groups excluding tert-OH is 1. The van der Waals surface area contributed by atoms with Crippen LogP contribution in [-0.4, -0.2) is 27.5 Å². The Kier molecular flexibility index (Phi) is 4.17. The molecule has 0 amide bonds. The molecule has 3 N–H and O–H groups in total. The maximum Gasteiger partial charge on any atom is 0.435 e. The summed E-state index contributed by atoms with van der Waals surface area (Å²) in [7, 11) is 1.48. The summed E-state index contributed by atoms with van der Waals surface area (Å²) in [6.07, 6.45) is -3.96. The lowest BCUT2D eigenvalue weighted by atomic mass is 10.2. The van der Waals surface area contributed by atoms with Gasteiger partial charge < -0.3 is 10.8 Å². The van der Waals surface area contributed by atoms with E-state index in [0.717, 1.165) is 10.9 Å². The molecule has 8 heteroatoms. The van der Waals surface area contributed by atoms with Crippen molar-refractivity contribution >= 4 is 11.3 Å². The predicted octanol–water partition coefficient (Wildman–Crippen LogP) is 2.03. The highest BCUT2D eigenvalue weighted by Gasteiger charge is 2.34. The van der Waals surface area contributed by atoms with Gasteiger partial charge in [0.1, 0.15) is 0 Å². The molecular formula is C12H14F3N3OS. The molecule has 0 saturated carbocycles. The first-order valence-corrected chi connectivity index (χ1v) is 6.69. The maximum atomic E-state index is 12.6. The number of nitrogens with zero attached hydrogens (tertiary/aromatic N) is 2. The highest BCUT2D eigenvalue weighted by Crippen LogP contribution is 2.34. The van der Waals surface area contributed by atoms with Crippen LogP contribution in [0.3, 0.4) is 0 Å². The van der Waals surface area contributed by atoms with Crippen LogP contribution in [0.15, 0.2) is 18.2 Å². The molecule has 0 fully saturated rings. The van der Waals surface area contributed by atoms with Crippen LogP contribution in [-0.2, 0) is 19.6 Å². The Morgan fingerprint density at radius 1 is 1.45 bits per heavy atom. The van der Waals surface area contributed by atoms with Crippen LogP contribution in [0.4, 0.5) is 13.2 Å². The lowest BCUT2D eigenvalue weighted by Crippen LogP contribution is -2.26. The topological polar surface area (TPSA) is 64.1 Å². The van der Waals surface area contributed by atoms with Crippen molar-refractivity contribution in [2.45, 2.75) is 18.6 Å². The van der Waals surface area contributed by atoms with Crippen molar-refractivity contribution in [3.63, 3.8) is 0 Å². The summed E-state index contributed by atoms with van der Waals surface area (Å²) in [4.78, 5) is 1.60. The summed E-state index contributed by atoms with van der Waals surface area (Å²) >= 11 is 1.35. The van der Waals surface area contributed by atoms with Gasteiger partial charge >= 0.3 is 6.18 Å². The fourth-order valence-corrected chi connectivity index (χ4v) is 2.93. The second-order valence-corrected chi connectivity index (χ2v) is 5.62. The van der Waals surface area contributed by atoms with Gasteiger partial charge in [-0.15, -0.1) is 11.3 Å². The summed E-state index contributed by atoms with van der Waals surface area (Å²) < 4.78 is 39.0. The third kappa shape index (κ3) is 3.20. The minimum atomic E-state index is -4.45. The van der Waals surface area contributed by atoms with Crippen LogP contribution in [0.5, 0.6) is 0 Å². The Hall–Kier alpha value is -1.38. The van der Waals surface area contributed by atoms with Gasteiger partial charge in [-0.1, -0.05) is 0 Å². The van der Waals surface area contributed by atoms with Gasteiger partial charge in [-0.25, -0.2) is 0 Å². The van der Waals surface area contributed by atoms with Gasteiger partial charge in [0.2, 0.25) is 0 Å². The lowest BCUT2D eigenvalue weighted by molar-refractivity contribution is -0.141. The molecule has 2 rings (SSSR count). The van der Waals surface area contributed by atoms with E-state index in [4.69, 9.17) is 10.8 Å². The lowest BCUT2D eigenvalue weighted by Gasteiger charge is -2.04. The number of aliphatic hydroxyl groups is 1. The van der Waals surface area contributed by atoms with Gasteiger partial charge in [0.25, 0.3) is 0 Å². The summed E-state index contributed by atoms with van der Waals surface area (Å²) in [6, 6.07) is 4.21. The van der Waals surface area contributed by atoms with Gasteiger partial charge in [-0.3, -0.25) is 4.68 Å². The number of hydrogen-bond donors (Lipinski definition) is 2. The van der Waals surface area contributed by atoms with Gasteiger partial charge in [0, 0.05) is 18.0 Å². The van der Waals surface area contributed by atoms with E-state index in [1.807, 2.05) is 0 Å². The number of aromatic nitrogens is 2. The van der Waals surface area contributed by atoms with Crippen molar-refractivity contribution in [3.8, 4) is 10.6 Å². The molecule has 0 aliphatic carbocycles. The Bertz CT molecular complexity index is 591. The second kappa shape index (κ2) is 5.55. The largest absolute Gasteiger partial charge is 0.435 e. The van der Waals surface area contributed by atoms with Crippen molar-refractivity contribution in [3.05, 3.63) is 28.8 Å². The second-order valence-electron chi connectivity index (χ2n) is 4.45. The molecule has 110 valence electrons. The Labute approximate surface area is 117 Å². The zero-order valence-corrected chi connectivity index (χ0v) is 11.5. The first kappa shape index (κ1) is 15.0. The molecule has 2 heterocycles. The first-order valence-electron chi connectivity index (χ1n) is 5.88. The summed E-state index contributed by atoms with van der Waals surface area (Å²) in [6.45, 7) is -0.128. The van der Waals surface area contributed by atoms with E-state index in [-0.39, 0.29) is 12.6 Å². The van der Waals surface area contributed by atoms with E-state index in [1.165, 1.54) is 23.1 Å². The zero-order valence-electron chi connectivity index (χ0n) is 10.7. The van der Waals surface area contributed by atoms with E-state index >= 15 is 0 Å². The van der Waals surface area contributed by atoms with Gasteiger partial charge in [0.15, 0.2) is 5.69 Å². The van der Waals surface area contributed by atoms with Gasteiger partial charge in [-0.2, -0.15) is 18.3 Å². The maximum absolute atomic E-state index is 12.6. The van der Waals surface area contributed by atoms with E-state index in [0.29, 0.717) is 17.0 Å². The molecule has 0 aliphatic rings. The Balaban J connectivity index is 2.26. The Morgan fingerprint density at radius 2 is 2.15 bits per heavy atom. The monoisotopic (exact) mass is 305 g/mol. The van der Waals surface area contributed by atoms with Crippen LogP contribution in [0.25, 0.3) is 10.6 Å². The molecule has 1 unspecified atom stereocenters. The fourth-order valence-electron chi connectivity index (χ4n) is 1.78. The minimum Gasteiger partial charge on any atom is -0.395 e. The van der Waals surface area contributed by atoms with Crippen LogP contribution in [0.1, 0.15) is 10.6 Å². The molecule has 0 saturated heterocycles. The first-order chi connectivity index (χ1) is 9.31. The zero-order chi connectivity index (χ0) is 14.9. The van der Waals surface area contributed by atoms with Crippen LogP contribution < -0.4 is 5.73 Å². The summed E-state index contributed by atoms with van der Waals surface area (Å²) in [5, 5.41) is 12.4. The number of alkyl halides is 3. The van der Waals surface area contributed by atoms with E-state index < -0.39 is 11.9 Å². The molecule has 4 nitrogen and oxygen atoms in total. The van der Waals surface area contributed by atoms with E-state index in [9.17, 15) is 13.2 Å². The van der Waals surface area contributed by atoms with Gasteiger partial charge in [0.05, 0.1) is 17.2 Å². The molecule has 0 radical (unpaired) electrons. The number of thiophene rings is 1. The fraction of sp³-hybridized carbons (Fsp3) is 0.417. The number of aryl methyl sites for hydroxylation is 1. The predicted molar refractivity (Wildman–Crippen MR) is 70.3 cm³/mol. The smallest absolute Gasteiger partial charge is 0.395 e. The molecular weight excluding hydrogens is 291 g/mol. The van der Waals surface area contributed by atoms with Gasteiger partial charge in [-0.05, 0) is 24.6 Å². The average molecular weight is 305 g/mol. The highest BCUT2D eigenvalue weighted by atomic mass is 32.1. The van der Waals surface area contributed by atoms with Crippen molar-refractivity contribution in [2.24, 2.45) is 12.8 Å². The minimum absolute atomic E-state index is 0.128.